The molecule has 1 N–H and O–H groups in total. The Morgan fingerprint density at radius 3 is 2.72 bits per heavy atom. The predicted octanol–water partition coefficient (Wildman–Crippen LogP) is 2.91. The van der Waals surface area contributed by atoms with Gasteiger partial charge in [-0.2, -0.15) is 17.8 Å². The summed E-state index contributed by atoms with van der Waals surface area (Å²) < 4.78 is 29.4. The number of benzene rings is 1. The number of rotatable bonds is 6. The van der Waals surface area contributed by atoms with E-state index in [0.717, 1.165) is 9.87 Å². The van der Waals surface area contributed by atoms with E-state index in [4.69, 9.17) is 0 Å². The predicted molar refractivity (Wildman–Crippen MR) is 112 cm³/mol. The van der Waals surface area contributed by atoms with Crippen molar-refractivity contribution in [3.05, 3.63) is 70.7 Å². The Morgan fingerprint density at radius 2 is 2.00 bits per heavy atom. The van der Waals surface area contributed by atoms with E-state index in [1.54, 1.807) is 41.0 Å². The highest BCUT2D eigenvalue weighted by molar-refractivity contribution is 7.90. The zero-order valence-electron chi connectivity index (χ0n) is 15.6. The van der Waals surface area contributed by atoms with Gasteiger partial charge in [-0.05, 0) is 29.6 Å². The first-order chi connectivity index (χ1) is 13.9. The second-order valence-electron chi connectivity index (χ2n) is 6.40. The molecule has 8 nitrogen and oxygen atoms in total. The first-order valence-electron chi connectivity index (χ1n) is 8.58. The molecule has 3 heterocycles. The molecule has 0 fully saturated rings. The fourth-order valence-corrected chi connectivity index (χ4v) is 4.08. The number of anilines is 1. The average Bonchev–Trinajstić information content (AvgIpc) is 3.37. The minimum absolute atomic E-state index is 0.132. The van der Waals surface area contributed by atoms with Gasteiger partial charge in [-0.15, -0.1) is 11.3 Å². The maximum atomic E-state index is 12.7. The number of ketones is 1. The van der Waals surface area contributed by atoms with Gasteiger partial charge in [0.25, 0.3) is 0 Å². The zero-order chi connectivity index (χ0) is 20.6. The molecular weight excluding hydrogens is 410 g/mol. The maximum Gasteiger partial charge on any atom is 0.301 e. The summed E-state index contributed by atoms with van der Waals surface area (Å²) in [5.41, 5.74) is 2.70. The number of fused-ring (bicyclic) bond motifs is 1. The maximum absolute atomic E-state index is 12.7. The second-order valence-corrected chi connectivity index (χ2v) is 9.23. The Balaban J connectivity index is 1.76. The molecule has 0 saturated carbocycles. The summed E-state index contributed by atoms with van der Waals surface area (Å²) in [6.45, 7) is 0. The van der Waals surface area contributed by atoms with E-state index in [0.29, 0.717) is 27.5 Å². The highest BCUT2D eigenvalue weighted by atomic mass is 32.2. The molecule has 4 rings (SSSR count). The molecule has 0 aliphatic rings. The normalized spacial score (nSPS) is 11.8. The third-order valence-corrected chi connectivity index (χ3v) is 6.60. The minimum Gasteiger partial charge on any atom is -0.287 e. The van der Waals surface area contributed by atoms with Crippen LogP contribution in [0.4, 0.5) is 5.69 Å². The first-order valence-corrected chi connectivity index (χ1v) is 10.9. The minimum atomic E-state index is -3.62. The number of hydrogen-bond donors (Lipinski definition) is 1. The van der Waals surface area contributed by atoms with Crippen molar-refractivity contribution in [2.75, 3.05) is 18.8 Å². The molecule has 29 heavy (non-hydrogen) atoms. The summed E-state index contributed by atoms with van der Waals surface area (Å²) in [6.07, 6.45) is 3.11. The lowest BCUT2D eigenvalue weighted by atomic mass is 10.1. The monoisotopic (exact) mass is 427 g/mol. The van der Waals surface area contributed by atoms with Crippen molar-refractivity contribution in [1.82, 2.24) is 18.9 Å². The number of nitrogens with one attached hydrogen (secondary N) is 1. The topological polar surface area (TPSA) is 96.7 Å². The number of thiophene rings is 1. The van der Waals surface area contributed by atoms with Crippen molar-refractivity contribution in [2.45, 2.75) is 0 Å². The summed E-state index contributed by atoms with van der Waals surface area (Å²) in [6, 6.07) is 12.3. The van der Waals surface area contributed by atoms with E-state index < -0.39 is 10.2 Å². The molecule has 0 amide bonds. The summed E-state index contributed by atoms with van der Waals surface area (Å²) in [7, 11) is -0.714. The van der Waals surface area contributed by atoms with Crippen molar-refractivity contribution in [3.63, 3.8) is 0 Å². The lowest BCUT2D eigenvalue weighted by molar-refractivity contribution is 0.104. The van der Waals surface area contributed by atoms with Gasteiger partial charge in [0.1, 0.15) is 0 Å². The van der Waals surface area contributed by atoms with Gasteiger partial charge in [-0.1, -0.05) is 18.2 Å². The van der Waals surface area contributed by atoms with Crippen LogP contribution in [0.15, 0.2) is 60.2 Å². The van der Waals surface area contributed by atoms with Crippen LogP contribution in [0.5, 0.6) is 0 Å². The average molecular weight is 428 g/mol. The molecule has 1 aromatic carbocycles. The largest absolute Gasteiger partial charge is 0.301 e. The van der Waals surface area contributed by atoms with E-state index in [1.807, 2.05) is 17.5 Å². The quantitative estimate of drug-likeness (QED) is 0.477. The molecule has 0 aliphatic heterocycles. The van der Waals surface area contributed by atoms with Crippen LogP contribution in [0.1, 0.15) is 15.2 Å². The summed E-state index contributed by atoms with van der Waals surface area (Å²) in [5.74, 6) is -0.132. The molecular formula is C19H17N5O3S2. The van der Waals surface area contributed by atoms with Crippen LogP contribution in [-0.2, 0) is 10.2 Å². The Morgan fingerprint density at radius 1 is 1.17 bits per heavy atom. The van der Waals surface area contributed by atoms with Gasteiger partial charge in [-0.25, -0.2) is 9.50 Å². The van der Waals surface area contributed by atoms with Crippen molar-refractivity contribution in [2.24, 2.45) is 0 Å². The van der Waals surface area contributed by atoms with Gasteiger partial charge in [0.05, 0.1) is 28.0 Å². The number of carbonyl (C=O) groups excluding carboxylic acids is 1. The van der Waals surface area contributed by atoms with Crippen LogP contribution < -0.4 is 4.72 Å². The van der Waals surface area contributed by atoms with Crippen molar-refractivity contribution in [3.8, 4) is 11.3 Å². The van der Waals surface area contributed by atoms with E-state index in [9.17, 15) is 13.2 Å². The van der Waals surface area contributed by atoms with Gasteiger partial charge >= 0.3 is 10.2 Å². The first kappa shape index (κ1) is 19.2. The number of nitrogens with zero attached hydrogens (tertiary/aromatic N) is 4. The molecule has 0 unspecified atom stereocenters. The molecule has 3 aromatic heterocycles. The molecule has 0 spiro atoms. The van der Waals surface area contributed by atoms with Crippen molar-refractivity contribution in [1.29, 1.82) is 0 Å². The zero-order valence-corrected chi connectivity index (χ0v) is 17.2. The third-order valence-electron chi connectivity index (χ3n) is 4.28. The number of carbonyl (C=O) groups is 1. The number of aromatic nitrogens is 3. The van der Waals surface area contributed by atoms with Gasteiger partial charge < -0.3 is 0 Å². The Bertz CT molecular complexity index is 1290. The van der Waals surface area contributed by atoms with Gasteiger partial charge in [0.15, 0.2) is 5.65 Å². The van der Waals surface area contributed by atoms with Crippen LogP contribution >= 0.6 is 11.3 Å². The van der Waals surface area contributed by atoms with Crippen LogP contribution in [0.2, 0.25) is 0 Å². The molecule has 0 radical (unpaired) electrons. The van der Waals surface area contributed by atoms with Crippen LogP contribution in [0.3, 0.4) is 0 Å². The summed E-state index contributed by atoms with van der Waals surface area (Å²) in [5, 5.41) is 6.19. The van der Waals surface area contributed by atoms with Crippen LogP contribution in [0, 0.1) is 0 Å². The lowest BCUT2D eigenvalue weighted by Crippen LogP contribution is -2.28. The molecule has 4 aromatic rings. The van der Waals surface area contributed by atoms with E-state index >= 15 is 0 Å². The van der Waals surface area contributed by atoms with Gasteiger partial charge in [0, 0.05) is 25.9 Å². The molecule has 0 aliphatic carbocycles. The molecule has 10 heteroatoms. The summed E-state index contributed by atoms with van der Waals surface area (Å²) >= 11 is 1.36. The SMILES string of the molecule is CN(C)S(=O)(=O)Nc1cccc(-c2ccnc3c(C(=O)c4cccs4)cnn23)c1. The molecule has 0 atom stereocenters. The van der Waals surface area contributed by atoms with Crippen molar-refractivity contribution >= 4 is 38.7 Å². The standard InChI is InChI=1S/C19H17N5O3S2/c1-23(2)29(26,27)22-14-6-3-5-13(11-14)16-8-9-20-19-15(12-21-24(16)19)18(25)17-7-4-10-28-17/h3-12,22H,1-2H3. The third kappa shape index (κ3) is 3.65. The van der Waals surface area contributed by atoms with E-state index in [2.05, 4.69) is 14.8 Å². The lowest BCUT2D eigenvalue weighted by Gasteiger charge is -2.14. The molecule has 0 bridgehead atoms. The second kappa shape index (κ2) is 7.39. The Hall–Kier alpha value is -3.08. The highest BCUT2D eigenvalue weighted by Gasteiger charge is 2.19. The fraction of sp³-hybridized carbons (Fsp3) is 0.105. The number of hydrogen-bond acceptors (Lipinski definition) is 6. The van der Waals surface area contributed by atoms with E-state index in [1.165, 1.54) is 31.6 Å². The summed E-state index contributed by atoms with van der Waals surface area (Å²) in [4.78, 5) is 17.7. The van der Waals surface area contributed by atoms with Crippen LogP contribution in [-0.4, -0.2) is 47.2 Å². The van der Waals surface area contributed by atoms with Gasteiger partial charge in [0.2, 0.25) is 5.78 Å². The molecule has 148 valence electrons. The van der Waals surface area contributed by atoms with Gasteiger partial charge in [-0.3, -0.25) is 9.52 Å². The highest BCUT2D eigenvalue weighted by Crippen LogP contribution is 2.25. The Labute approximate surface area is 171 Å². The van der Waals surface area contributed by atoms with E-state index in [-0.39, 0.29) is 5.78 Å². The smallest absolute Gasteiger partial charge is 0.287 e. The van der Waals surface area contributed by atoms with Crippen LogP contribution in [0.25, 0.3) is 16.9 Å². The molecule has 0 saturated heterocycles. The van der Waals surface area contributed by atoms with Crippen molar-refractivity contribution < 1.29 is 13.2 Å². The Kier molecular flexibility index (Phi) is 4.91. The fourth-order valence-electron chi connectivity index (χ4n) is 2.79.